The zero-order valence-corrected chi connectivity index (χ0v) is 13.1. The van der Waals surface area contributed by atoms with Crippen LogP contribution in [0.5, 0.6) is 0 Å². The fraction of sp³-hybridized carbons (Fsp3) is 0.875. The van der Waals surface area contributed by atoms with Crippen LogP contribution in [0, 0.1) is 11.3 Å². The molecule has 0 aromatic rings. The zero-order valence-electron chi connectivity index (χ0n) is 13.1. The third kappa shape index (κ3) is 3.33. The predicted molar refractivity (Wildman–Crippen MR) is 79.2 cm³/mol. The van der Waals surface area contributed by atoms with Crippen LogP contribution in [0.2, 0.25) is 0 Å². The third-order valence-corrected chi connectivity index (χ3v) is 4.72. The van der Waals surface area contributed by atoms with Crippen molar-refractivity contribution < 1.29 is 9.59 Å². The summed E-state index contributed by atoms with van der Waals surface area (Å²) in [7, 11) is 0. The monoisotopic (exact) mass is 280 g/mol. The van der Waals surface area contributed by atoms with E-state index in [2.05, 4.69) is 19.2 Å². The largest absolute Gasteiger partial charge is 0.343 e. The first kappa shape index (κ1) is 15.3. The van der Waals surface area contributed by atoms with Crippen LogP contribution in [-0.2, 0) is 9.59 Å². The molecule has 2 rings (SSSR count). The summed E-state index contributed by atoms with van der Waals surface area (Å²) in [5.41, 5.74) is 0.250. The molecule has 1 atom stereocenters. The fourth-order valence-electron chi connectivity index (χ4n) is 4.01. The van der Waals surface area contributed by atoms with Crippen molar-refractivity contribution in [2.75, 3.05) is 13.1 Å². The Bertz CT molecular complexity index is 373. The minimum Gasteiger partial charge on any atom is -0.343 e. The molecule has 1 aliphatic heterocycles. The molecule has 2 amide bonds. The molecule has 0 aromatic heterocycles. The Balaban J connectivity index is 2.09. The van der Waals surface area contributed by atoms with Crippen molar-refractivity contribution >= 4 is 11.8 Å². The van der Waals surface area contributed by atoms with Gasteiger partial charge in [0.2, 0.25) is 11.8 Å². The van der Waals surface area contributed by atoms with Crippen molar-refractivity contribution in [2.24, 2.45) is 11.3 Å². The van der Waals surface area contributed by atoms with Crippen LogP contribution in [0.4, 0.5) is 0 Å². The molecule has 4 nitrogen and oxygen atoms in total. The highest BCUT2D eigenvalue weighted by Gasteiger charge is 2.40. The lowest BCUT2D eigenvalue weighted by atomic mass is 9.78. The Hall–Kier alpha value is -1.06. The molecule has 0 bridgehead atoms. The second-order valence-electron chi connectivity index (χ2n) is 7.03. The Morgan fingerprint density at radius 3 is 2.50 bits per heavy atom. The van der Waals surface area contributed by atoms with Gasteiger partial charge in [-0.25, -0.2) is 0 Å². The number of carbonyl (C=O) groups excluding carboxylic acids is 2. The third-order valence-electron chi connectivity index (χ3n) is 4.72. The Morgan fingerprint density at radius 1 is 1.30 bits per heavy atom. The number of hydrogen-bond donors (Lipinski definition) is 1. The maximum Gasteiger partial charge on any atom is 0.245 e. The zero-order chi connectivity index (χ0) is 14.8. The van der Waals surface area contributed by atoms with Gasteiger partial charge in [0.05, 0.1) is 6.54 Å². The molecule has 1 saturated carbocycles. The van der Waals surface area contributed by atoms with Gasteiger partial charge >= 0.3 is 0 Å². The maximum atomic E-state index is 12.4. The predicted octanol–water partition coefficient (Wildman–Crippen LogP) is 2.33. The second kappa shape index (κ2) is 6.15. The van der Waals surface area contributed by atoms with Crippen molar-refractivity contribution in [3.8, 4) is 0 Å². The van der Waals surface area contributed by atoms with E-state index >= 15 is 0 Å². The van der Waals surface area contributed by atoms with Gasteiger partial charge in [-0.15, -0.1) is 0 Å². The minimum atomic E-state index is -0.311. The van der Waals surface area contributed by atoms with Crippen LogP contribution in [0.3, 0.4) is 0 Å². The first-order valence-electron chi connectivity index (χ1n) is 8.04. The van der Waals surface area contributed by atoms with Crippen LogP contribution in [-0.4, -0.2) is 35.8 Å². The fourth-order valence-corrected chi connectivity index (χ4v) is 4.01. The van der Waals surface area contributed by atoms with E-state index in [9.17, 15) is 9.59 Å². The second-order valence-corrected chi connectivity index (χ2v) is 7.03. The van der Waals surface area contributed by atoms with Gasteiger partial charge in [-0.3, -0.25) is 9.59 Å². The lowest BCUT2D eigenvalue weighted by Crippen LogP contribution is -2.59. The van der Waals surface area contributed by atoms with Crippen molar-refractivity contribution in [3.63, 3.8) is 0 Å². The van der Waals surface area contributed by atoms with E-state index in [1.165, 1.54) is 25.7 Å². The Morgan fingerprint density at radius 2 is 1.95 bits per heavy atom. The van der Waals surface area contributed by atoms with Crippen molar-refractivity contribution in [1.29, 1.82) is 0 Å². The highest BCUT2D eigenvalue weighted by molar-refractivity contribution is 5.94. The first-order chi connectivity index (χ1) is 9.46. The summed E-state index contributed by atoms with van der Waals surface area (Å²) in [6.45, 7) is 7.47. The SMILES string of the molecule is CCC1NC(=O)CN(CC2(CC(C)C)CCCC2)C1=O. The Kier molecular flexibility index (Phi) is 4.71. The molecule has 1 saturated heterocycles. The molecule has 1 aliphatic carbocycles. The van der Waals surface area contributed by atoms with Crippen molar-refractivity contribution in [1.82, 2.24) is 10.2 Å². The molecule has 114 valence electrons. The summed E-state index contributed by atoms with van der Waals surface area (Å²) < 4.78 is 0. The Labute approximate surface area is 122 Å². The summed E-state index contributed by atoms with van der Waals surface area (Å²) in [6.07, 6.45) is 6.77. The van der Waals surface area contributed by atoms with Crippen molar-refractivity contribution in [2.45, 2.75) is 65.3 Å². The van der Waals surface area contributed by atoms with E-state index in [1.54, 1.807) is 0 Å². The van der Waals surface area contributed by atoms with E-state index in [1.807, 2.05) is 11.8 Å². The lowest BCUT2D eigenvalue weighted by molar-refractivity contribution is -0.146. The number of piperazine rings is 1. The normalized spacial score (nSPS) is 26.2. The quantitative estimate of drug-likeness (QED) is 0.840. The number of rotatable bonds is 5. The summed E-state index contributed by atoms with van der Waals surface area (Å²) in [6, 6.07) is -0.311. The van der Waals surface area contributed by atoms with E-state index in [0.29, 0.717) is 12.3 Å². The molecule has 1 N–H and O–H groups in total. The molecule has 1 unspecified atom stereocenters. The summed E-state index contributed by atoms with van der Waals surface area (Å²) >= 11 is 0. The van der Waals surface area contributed by atoms with E-state index in [-0.39, 0.29) is 29.8 Å². The molecule has 2 aliphatic rings. The van der Waals surface area contributed by atoms with Gasteiger partial charge in [-0.1, -0.05) is 33.6 Å². The van der Waals surface area contributed by atoms with Crippen molar-refractivity contribution in [3.05, 3.63) is 0 Å². The number of nitrogens with zero attached hydrogens (tertiary/aromatic N) is 1. The van der Waals surface area contributed by atoms with Gasteiger partial charge in [0.15, 0.2) is 0 Å². The topological polar surface area (TPSA) is 49.4 Å². The van der Waals surface area contributed by atoms with Crippen LogP contribution in [0.15, 0.2) is 0 Å². The molecule has 0 aromatic carbocycles. The highest BCUT2D eigenvalue weighted by Crippen LogP contribution is 2.44. The number of nitrogens with one attached hydrogen (secondary N) is 1. The van der Waals surface area contributed by atoms with Gasteiger partial charge in [0.25, 0.3) is 0 Å². The van der Waals surface area contributed by atoms with Gasteiger partial charge in [0, 0.05) is 6.54 Å². The molecule has 1 heterocycles. The minimum absolute atomic E-state index is 0.00542. The molecule has 0 spiro atoms. The molecule has 0 radical (unpaired) electrons. The van der Waals surface area contributed by atoms with Gasteiger partial charge in [-0.05, 0) is 37.0 Å². The highest BCUT2D eigenvalue weighted by atomic mass is 16.2. The van der Waals surface area contributed by atoms with Crippen LogP contribution >= 0.6 is 0 Å². The van der Waals surface area contributed by atoms with E-state index in [0.717, 1.165) is 13.0 Å². The molecule has 4 heteroatoms. The molecular weight excluding hydrogens is 252 g/mol. The molecule has 2 fully saturated rings. The number of hydrogen-bond acceptors (Lipinski definition) is 2. The smallest absolute Gasteiger partial charge is 0.245 e. The van der Waals surface area contributed by atoms with Crippen LogP contribution in [0.25, 0.3) is 0 Å². The first-order valence-corrected chi connectivity index (χ1v) is 8.04. The number of carbonyl (C=O) groups is 2. The molecule has 20 heavy (non-hydrogen) atoms. The maximum absolute atomic E-state index is 12.4. The number of amides is 2. The van der Waals surface area contributed by atoms with E-state index in [4.69, 9.17) is 0 Å². The van der Waals surface area contributed by atoms with E-state index < -0.39 is 0 Å². The molecular formula is C16H28N2O2. The summed E-state index contributed by atoms with van der Waals surface area (Å²) in [5, 5.41) is 2.79. The van der Waals surface area contributed by atoms with Gasteiger partial charge in [0.1, 0.15) is 6.04 Å². The van der Waals surface area contributed by atoms with Crippen LogP contribution in [0.1, 0.15) is 59.3 Å². The lowest BCUT2D eigenvalue weighted by Gasteiger charge is -2.40. The summed E-state index contributed by atoms with van der Waals surface area (Å²) in [4.78, 5) is 26.0. The van der Waals surface area contributed by atoms with Gasteiger partial charge < -0.3 is 10.2 Å². The van der Waals surface area contributed by atoms with Gasteiger partial charge in [-0.2, -0.15) is 0 Å². The summed E-state index contributed by atoms with van der Waals surface area (Å²) in [5.74, 6) is 0.750. The average molecular weight is 280 g/mol. The standard InChI is InChI=1S/C16H28N2O2/c1-4-13-15(20)18(10-14(19)17-13)11-16(9-12(2)3)7-5-6-8-16/h12-13H,4-11H2,1-3H3,(H,17,19). The average Bonchev–Trinajstić information content (AvgIpc) is 2.80. The van der Waals surface area contributed by atoms with Crippen LogP contribution < -0.4 is 5.32 Å².